The van der Waals surface area contributed by atoms with Gasteiger partial charge in [0, 0.05) is 5.56 Å². The maximum absolute atomic E-state index is 13.5. The molecular weight excluding hydrogens is 268 g/mol. The minimum absolute atomic E-state index is 0.00565. The number of hydrogen-bond donors (Lipinski definition) is 1. The summed E-state index contributed by atoms with van der Waals surface area (Å²) in [5.74, 6) is -2.01. The van der Waals surface area contributed by atoms with E-state index in [1.807, 2.05) is 0 Å². The Morgan fingerprint density at radius 1 is 1.40 bits per heavy atom. The number of carbonyl (C=O) groups is 1. The van der Waals surface area contributed by atoms with Crippen molar-refractivity contribution in [1.29, 1.82) is 0 Å². The van der Waals surface area contributed by atoms with E-state index in [2.05, 4.69) is 5.10 Å². The van der Waals surface area contributed by atoms with Crippen molar-refractivity contribution in [2.24, 2.45) is 0 Å². The summed E-state index contributed by atoms with van der Waals surface area (Å²) >= 11 is 0. The highest BCUT2D eigenvalue weighted by molar-refractivity contribution is 5.93. The molecule has 1 aromatic heterocycles. The fourth-order valence-corrected chi connectivity index (χ4v) is 1.72. The van der Waals surface area contributed by atoms with E-state index in [0.717, 1.165) is 16.8 Å². The van der Waals surface area contributed by atoms with Gasteiger partial charge in [0.15, 0.2) is 0 Å². The van der Waals surface area contributed by atoms with Crippen molar-refractivity contribution in [3.05, 3.63) is 47.2 Å². The minimum atomic E-state index is -0.697. The average molecular weight is 281 g/mol. The van der Waals surface area contributed by atoms with Gasteiger partial charge in [-0.2, -0.15) is 5.10 Å². The summed E-state index contributed by atoms with van der Waals surface area (Å²) in [5, 5.41) is 3.85. The van der Waals surface area contributed by atoms with Gasteiger partial charge in [0.05, 0.1) is 19.3 Å². The number of nitrogens with zero attached hydrogens (tertiary/aromatic N) is 2. The predicted octanol–water partition coefficient (Wildman–Crippen LogP) is 1.97. The van der Waals surface area contributed by atoms with Crippen molar-refractivity contribution in [2.45, 2.75) is 13.5 Å². The van der Waals surface area contributed by atoms with Crippen LogP contribution in [0.4, 0.5) is 14.6 Å². The van der Waals surface area contributed by atoms with Crippen LogP contribution in [0.25, 0.3) is 0 Å². The normalized spacial score (nSPS) is 10.6. The molecule has 1 heterocycles. The lowest BCUT2D eigenvalue weighted by atomic mass is 10.2. The van der Waals surface area contributed by atoms with E-state index in [-0.39, 0.29) is 30.1 Å². The summed E-state index contributed by atoms with van der Waals surface area (Å²) in [6.45, 7) is 1.66. The highest BCUT2D eigenvalue weighted by Crippen LogP contribution is 2.18. The zero-order valence-corrected chi connectivity index (χ0v) is 10.8. The fourth-order valence-electron chi connectivity index (χ4n) is 1.72. The second kappa shape index (κ2) is 5.68. The number of carbonyl (C=O) groups excluding carboxylic acids is 1. The maximum Gasteiger partial charge on any atom is 0.343 e. The lowest BCUT2D eigenvalue weighted by molar-refractivity contribution is 0.0527. The molecule has 0 fully saturated rings. The van der Waals surface area contributed by atoms with Gasteiger partial charge in [-0.1, -0.05) is 6.07 Å². The first-order valence-electron chi connectivity index (χ1n) is 5.95. The molecule has 2 N–H and O–H groups in total. The van der Waals surface area contributed by atoms with Gasteiger partial charge in [0.2, 0.25) is 0 Å². The number of nitrogens with two attached hydrogens (primary N) is 1. The monoisotopic (exact) mass is 281 g/mol. The van der Waals surface area contributed by atoms with E-state index < -0.39 is 17.6 Å². The summed E-state index contributed by atoms with van der Waals surface area (Å²) in [6, 6.07) is 3.55. The second-order valence-corrected chi connectivity index (χ2v) is 4.02. The van der Waals surface area contributed by atoms with Crippen molar-refractivity contribution in [1.82, 2.24) is 9.78 Å². The van der Waals surface area contributed by atoms with Crippen LogP contribution in [0.5, 0.6) is 0 Å². The predicted molar refractivity (Wildman–Crippen MR) is 68.1 cm³/mol. The molecule has 0 aliphatic carbocycles. The van der Waals surface area contributed by atoms with E-state index in [4.69, 9.17) is 10.5 Å². The van der Waals surface area contributed by atoms with Crippen LogP contribution in [0.3, 0.4) is 0 Å². The van der Waals surface area contributed by atoms with Gasteiger partial charge in [-0.25, -0.2) is 18.3 Å². The van der Waals surface area contributed by atoms with Gasteiger partial charge in [-0.05, 0) is 19.1 Å². The van der Waals surface area contributed by atoms with E-state index >= 15 is 0 Å². The van der Waals surface area contributed by atoms with Crippen LogP contribution in [0, 0.1) is 11.6 Å². The molecule has 0 bridgehead atoms. The molecule has 0 radical (unpaired) electrons. The van der Waals surface area contributed by atoms with Crippen molar-refractivity contribution in [3.63, 3.8) is 0 Å². The van der Waals surface area contributed by atoms with Crippen molar-refractivity contribution >= 4 is 11.8 Å². The molecule has 0 unspecified atom stereocenters. The van der Waals surface area contributed by atoms with Gasteiger partial charge in [0.25, 0.3) is 0 Å². The van der Waals surface area contributed by atoms with Gasteiger partial charge in [-0.15, -0.1) is 0 Å². The number of ether oxygens (including phenoxy) is 1. The summed E-state index contributed by atoms with van der Waals surface area (Å²) in [5.41, 5.74) is 5.64. The Bertz CT molecular complexity index is 620. The standard InChI is InChI=1S/C13H13F2N3O2/c1-2-20-13(19)8-6-17-18(12(8)16)7-9-10(14)4-3-5-11(9)15/h3-6H,2,7,16H2,1H3. The van der Waals surface area contributed by atoms with Crippen LogP contribution in [0.2, 0.25) is 0 Å². The Labute approximate surface area is 114 Å². The summed E-state index contributed by atoms with van der Waals surface area (Å²) in [6.07, 6.45) is 1.21. The van der Waals surface area contributed by atoms with Gasteiger partial charge in [-0.3, -0.25) is 0 Å². The highest BCUT2D eigenvalue weighted by atomic mass is 19.1. The third-order valence-corrected chi connectivity index (χ3v) is 2.75. The van der Waals surface area contributed by atoms with E-state index in [1.165, 1.54) is 12.3 Å². The number of esters is 1. The third-order valence-electron chi connectivity index (χ3n) is 2.75. The van der Waals surface area contributed by atoms with Gasteiger partial charge >= 0.3 is 5.97 Å². The quantitative estimate of drug-likeness (QED) is 0.870. The van der Waals surface area contributed by atoms with Crippen LogP contribution in [-0.4, -0.2) is 22.4 Å². The molecule has 0 amide bonds. The largest absolute Gasteiger partial charge is 0.462 e. The smallest absolute Gasteiger partial charge is 0.343 e. The Morgan fingerprint density at radius 3 is 2.65 bits per heavy atom. The molecule has 0 aliphatic rings. The Morgan fingerprint density at radius 2 is 2.05 bits per heavy atom. The zero-order chi connectivity index (χ0) is 14.7. The Kier molecular flexibility index (Phi) is 3.97. The molecule has 106 valence electrons. The number of anilines is 1. The Hall–Kier alpha value is -2.44. The number of aromatic nitrogens is 2. The molecule has 0 atom stereocenters. The fraction of sp³-hybridized carbons (Fsp3) is 0.231. The van der Waals surface area contributed by atoms with Crippen molar-refractivity contribution < 1.29 is 18.3 Å². The van der Waals surface area contributed by atoms with Crippen molar-refractivity contribution in [2.75, 3.05) is 12.3 Å². The first kappa shape index (κ1) is 14.0. The van der Waals surface area contributed by atoms with Crippen LogP contribution >= 0.6 is 0 Å². The van der Waals surface area contributed by atoms with E-state index in [0.29, 0.717) is 0 Å². The molecule has 0 saturated heterocycles. The SMILES string of the molecule is CCOC(=O)c1cnn(Cc2c(F)cccc2F)c1N. The molecule has 0 spiro atoms. The molecule has 0 aliphatic heterocycles. The van der Waals surface area contributed by atoms with E-state index in [1.54, 1.807) is 6.92 Å². The van der Waals surface area contributed by atoms with Crippen LogP contribution in [0.1, 0.15) is 22.8 Å². The molecule has 7 heteroatoms. The number of hydrogen-bond acceptors (Lipinski definition) is 4. The first-order valence-corrected chi connectivity index (χ1v) is 5.95. The maximum atomic E-state index is 13.5. The first-order chi connectivity index (χ1) is 9.54. The van der Waals surface area contributed by atoms with Crippen LogP contribution in [0.15, 0.2) is 24.4 Å². The molecule has 1 aromatic carbocycles. The molecule has 2 aromatic rings. The zero-order valence-electron chi connectivity index (χ0n) is 10.8. The molecule has 5 nitrogen and oxygen atoms in total. The summed E-state index contributed by atoms with van der Waals surface area (Å²) < 4.78 is 33.0. The molecule has 20 heavy (non-hydrogen) atoms. The average Bonchev–Trinajstić information content (AvgIpc) is 2.76. The van der Waals surface area contributed by atoms with Gasteiger partial charge < -0.3 is 10.5 Å². The summed E-state index contributed by atoms with van der Waals surface area (Å²) in [4.78, 5) is 11.6. The van der Waals surface area contributed by atoms with Crippen molar-refractivity contribution in [3.8, 4) is 0 Å². The molecule has 0 saturated carbocycles. The van der Waals surface area contributed by atoms with E-state index in [9.17, 15) is 13.6 Å². The lowest BCUT2D eigenvalue weighted by Crippen LogP contribution is -2.12. The number of benzene rings is 1. The van der Waals surface area contributed by atoms with Crippen LogP contribution in [-0.2, 0) is 11.3 Å². The van der Waals surface area contributed by atoms with Gasteiger partial charge in [0.1, 0.15) is 23.0 Å². The van der Waals surface area contributed by atoms with Crippen LogP contribution < -0.4 is 5.73 Å². The molecule has 2 rings (SSSR count). The third kappa shape index (κ3) is 2.61. The Balaban J connectivity index is 2.29. The number of nitrogen functional groups attached to an aromatic ring is 1. The summed E-state index contributed by atoms with van der Waals surface area (Å²) in [7, 11) is 0. The number of halogens is 2. The number of rotatable bonds is 4. The topological polar surface area (TPSA) is 70.1 Å². The lowest BCUT2D eigenvalue weighted by Gasteiger charge is -2.07. The minimum Gasteiger partial charge on any atom is -0.462 e. The second-order valence-electron chi connectivity index (χ2n) is 4.02. The molecular formula is C13H13F2N3O2. The highest BCUT2D eigenvalue weighted by Gasteiger charge is 2.18.